The molecule has 17 heavy (non-hydrogen) atoms. The predicted molar refractivity (Wildman–Crippen MR) is 67.4 cm³/mol. The number of amides is 3. The number of allylic oxidation sites excluding steroid dienone is 1. The van der Waals surface area contributed by atoms with Gasteiger partial charge in [-0.1, -0.05) is 12.1 Å². The highest BCUT2D eigenvalue weighted by atomic mass is 16.2. The fourth-order valence-corrected chi connectivity index (χ4v) is 1.33. The van der Waals surface area contributed by atoms with E-state index in [4.69, 9.17) is 5.73 Å². The molecule has 1 aromatic rings. The molecule has 0 radical (unpaired) electrons. The molecule has 0 unspecified atom stereocenters. The molecule has 0 bridgehead atoms. The van der Waals surface area contributed by atoms with Crippen LogP contribution in [0.25, 0.3) is 0 Å². The quantitative estimate of drug-likeness (QED) is 0.765. The van der Waals surface area contributed by atoms with Crippen LogP contribution in [0.2, 0.25) is 0 Å². The second-order valence-corrected chi connectivity index (χ2v) is 3.40. The van der Waals surface area contributed by atoms with Crippen LogP contribution in [0.5, 0.6) is 0 Å². The summed E-state index contributed by atoms with van der Waals surface area (Å²) in [5.41, 5.74) is 6.55. The van der Waals surface area contributed by atoms with Crippen LogP contribution < -0.4 is 16.0 Å². The van der Waals surface area contributed by atoms with Gasteiger partial charge in [-0.3, -0.25) is 4.79 Å². The monoisotopic (exact) mass is 233 g/mol. The van der Waals surface area contributed by atoms with Gasteiger partial charge in [0.15, 0.2) is 0 Å². The van der Waals surface area contributed by atoms with E-state index < -0.39 is 6.03 Å². The third kappa shape index (κ3) is 3.34. The van der Waals surface area contributed by atoms with Gasteiger partial charge in [0.25, 0.3) is 0 Å². The Labute approximate surface area is 99.9 Å². The van der Waals surface area contributed by atoms with E-state index in [0.29, 0.717) is 11.4 Å². The Kier molecular flexibility index (Phi) is 4.28. The molecule has 1 rings (SSSR count). The van der Waals surface area contributed by atoms with E-state index in [1.54, 1.807) is 37.3 Å². The highest BCUT2D eigenvalue weighted by Crippen LogP contribution is 2.17. The zero-order valence-corrected chi connectivity index (χ0v) is 9.81. The first-order valence-corrected chi connectivity index (χ1v) is 5.14. The highest BCUT2D eigenvalue weighted by Gasteiger charge is 2.19. The number of hydrogen-bond acceptors (Lipinski definition) is 3. The van der Waals surface area contributed by atoms with Crippen LogP contribution in [0.4, 0.5) is 16.2 Å². The number of carbonyl (C=O) groups excluding carboxylic acids is 2. The van der Waals surface area contributed by atoms with Gasteiger partial charge in [-0.05, 0) is 25.1 Å². The van der Waals surface area contributed by atoms with E-state index in [1.165, 1.54) is 13.1 Å². The van der Waals surface area contributed by atoms with E-state index in [0.717, 1.165) is 4.90 Å². The van der Waals surface area contributed by atoms with E-state index in [-0.39, 0.29) is 5.91 Å². The van der Waals surface area contributed by atoms with Gasteiger partial charge in [-0.15, -0.1) is 0 Å². The smallest absolute Gasteiger partial charge is 0.332 e. The number of nitrogens with one attached hydrogen (secondary N) is 1. The Morgan fingerprint density at radius 3 is 2.65 bits per heavy atom. The number of urea groups is 1. The summed E-state index contributed by atoms with van der Waals surface area (Å²) < 4.78 is 0. The minimum Gasteiger partial charge on any atom is -0.399 e. The molecule has 0 aliphatic rings. The average Bonchev–Trinajstić information content (AvgIpc) is 2.26. The molecule has 0 aliphatic heterocycles. The molecule has 0 atom stereocenters. The molecular formula is C12H15N3O2. The molecule has 3 N–H and O–H groups in total. The van der Waals surface area contributed by atoms with Crippen LogP contribution in [-0.4, -0.2) is 11.9 Å². The zero-order valence-electron chi connectivity index (χ0n) is 9.81. The highest BCUT2D eigenvalue weighted by molar-refractivity contribution is 6.13. The minimum atomic E-state index is -0.513. The molecule has 0 heterocycles. The first-order valence-electron chi connectivity index (χ1n) is 5.14. The SMILES string of the molecule is C/C=C/NC(=O)N(C(C)=O)c1cccc(N)c1. The molecule has 0 aliphatic carbocycles. The average molecular weight is 233 g/mol. The maximum atomic E-state index is 11.8. The number of carbonyl (C=O) groups is 2. The maximum absolute atomic E-state index is 11.8. The summed E-state index contributed by atoms with van der Waals surface area (Å²) in [7, 11) is 0. The van der Waals surface area contributed by atoms with Crippen molar-refractivity contribution in [1.82, 2.24) is 5.32 Å². The number of nitrogens with two attached hydrogens (primary N) is 1. The maximum Gasteiger partial charge on any atom is 0.332 e. The number of nitrogen functional groups attached to an aromatic ring is 1. The summed E-state index contributed by atoms with van der Waals surface area (Å²) in [6.45, 7) is 3.08. The van der Waals surface area contributed by atoms with Crippen molar-refractivity contribution in [3.8, 4) is 0 Å². The molecule has 0 saturated carbocycles. The van der Waals surface area contributed by atoms with Crippen molar-refractivity contribution in [3.05, 3.63) is 36.5 Å². The molecule has 90 valence electrons. The van der Waals surface area contributed by atoms with Crippen molar-refractivity contribution in [2.75, 3.05) is 10.6 Å². The van der Waals surface area contributed by atoms with Crippen molar-refractivity contribution >= 4 is 23.3 Å². The number of hydrogen-bond donors (Lipinski definition) is 2. The molecule has 0 fully saturated rings. The molecular weight excluding hydrogens is 218 g/mol. The first-order chi connectivity index (χ1) is 8.06. The van der Waals surface area contributed by atoms with Gasteiger partial charge in [0.05, 0.1) is 5.69 Å². The van der Waals surface area contributed by atoms with Gasteiger partial charge in [0, 0.05) is 18.8 Å². The molecule has 0 spiro atoms. The first kappa shape index (κ1) is 12.8. The lowest BCUT2D eigenvalue weighted by atomic mass is 10.2. The Hall–Kier alpha value is -2.30. The molecule has 0 aromatic heterocycles. The fourth-order valence-electron chi connectivity index (χ4n) is 1.33. The van der Waals surface area contributed by atoms with Crippen LogP contribution in [-0.2, 0) is 4.79 Å². The Bertz CT molecular complexity index is 455. The summed E-state index contributed by atoms with van der Waals surface area (Å²) in [6, 6.07) is 6.07. The fraction of sp³-hybridized carbons (Fsp3) is 0.167. The zero-order chi connectivity index (χ0) is 12.8. The second-order valence-electron chi connectivity index (χ2n) is 3.40. The lowest BCUT2D eigenvalue weighted by molar-refractivity contribution is -0.115. The van der Waals surface area contributed by atoms with Crippen molar-refractivity contribution < 1.29 is 9.59 Å². The Balaban J connectivity index is 3.01. The summed E-state index contributed by atoms with van der Waals surface area (Å²) in [6.07, 6.45) is 3.13. The van der Waals surface area contributed by atoms with Gasteiger partial charge in [-0.2, -0.15) is 0 Å². The third-order valence-corrected chi connectivity index (χ3v) is 2.02. The predicted octanol–water partition coefficient (Wildman–Crippen LogP) is 1.86. The number of benzene rings is 1. The summed E-state index contributed by atoms with van der Waals surface area (Å²) in [5.74, 6) is -0.377. The molecule has 3 amide bonds. The molecule has 5 heteroatoms. The van der Waals surface area contributed by atoms with Crippen LogP contribution in [0, 0.1) is 0 Å². The van der Waals surface area contributed by atoms with Crippen molar-refractivity contribution in [2.24, 2.45) is 0 Å². The van der Waals surface area contributed by atoms with Crippen molar-refractivity contribution in [2.45, 2.75) is 13.8 Å². The van der Waals surface area contributed by atoms with Gasteiger partial charge in [0.1, 0.15) is 0 Å². The van der Waals surface area contributed by atoms with Gasteiger partial charge in [-0.25, -0.2) is 9.69 Å². The number of imide groups is 1. The van der Waals surface area contributed by atoms with Crippen LogP contribution in [0.3, 0.4) is 0 Å². The van der Waals surface area contributed by atoms with Gasteiger partial charge >= 0.3 is 6.03 Å². The number of anilines is 2. The van der Waals surface area contributed by atoms with E-state index in [9.17, 15) is 9.59 Å². The standard InChI is InChI=1S/C12H15N3O2/c1-3-7-14-12(17)15(9(2)16)11-6-4-5-10(13)8-11/h3-8H,13H2,1-2H3,(H,14,17)/b7-3+. The Morgan fingerprint density at radius 2 is 2.12 bits per heavy atom. The minimum absolute atomic E-state index is 0.377. The van der Waals surface area contributed by atoms with E-state index in [2.05, 4.69) is 5.32 Å². The van der Waals surface area contributed by atoms with Crippen LogP contribution >= 0.6 is 0 Å². The Morgan fingerprint density at radius 1 is 1.41 bits per heavy atom. The third-order valence-electron chi connectivity index (χ3n) is 2.02. The molecule has 1 aromatic carbocycles. The van der Waals surface area contributed by atoms with E-state index >= 15 is 0 Å². The summed E-state index contributed by atoms with van der Waals surface area (Å²) >= 11 is 0. The largest absolute Gasteiger partial charge is 0.399 e. The van der Waals surface area contributed by atoms with E-state index in [1.807, 2.05) is 0 Å². The topological polar surface area (TPSA) is 75.4 Å². The van der Waals surface area contributed by atoms with Crippen molar-refractivity contribution in [3.63, 3.8) is 0 Å². The summed E-state index contributed by atoms with van der Waals surface area (Å²) in [5, 5.41) is 2.48. The molecule has 0 saturated heterocycles. The number of nitrogens with zero attached hydrogens (tertiary/aromatic N) is 1. The second kappa shape index (κ2) is 5.69. The lowest BCUT2D eigenvalue weighted by Gasteiger charge is -2.18. The molecule has 5 nitrogen and oxygen atoms in total. The van der Waals surface area contributed by atoms with Crippen molar-refractivity contribution in [1.29, 1.82) is 0 Å². The van der Waals surface area contributed by atoms with Crippen LogP contribution in [0.1, 0.15) is 13.8 Å². The van der Waals surface area contributed by atoms with Gasteiger partial charge in [0.2, 0.25) is 5.91 Å². The number of rotatable bonds is 2. The van der Waals surface area contributed by atoms with Crippen LogP contribution in [0.15, 0.2) is 36.5 Å². The normalized spacial score (nSPS) is 10.2. The summed E-state index contributed by atoms with van der Waals surface area (Å²) in [4.78, 5) is 24.2. The lowest BCUT2D eigenvalue weighted by Crippen LogP contribution is -2.40. The van der Waals surface area contributed by atoms with Gasteiger partial charge < -0.3 is 11.1 Å².